The summed E-state index contributed by atoms with van der Waals surface area (Å²) in [5, 5.41) is 2.53. The highest BCUT2D eigenvalue weighted by molar-refractivity contribution is 5.95. The zero-order chi connectivity index (χ0) is 18.1. The molecule has 1 aliphatic heterocycles. The van der Waals surface area contributed by atoms with Crippen LogP contribution in [0.1, 0.15) is 36.9 Å². The van der Waals surface area contributed by atoms with Crippen LogP contribution in [0.5, 0.6) is 0 Å². The van der Waals surface area contributed by atoms with Crippen LogP contribution in [0.3, 0.4) is 0 Å². The minimum atomic E-state index is 0.526. The first-order valence-electron chi connectivity index (χ1n) is 9.49. The Morgan fingerprint density at radius 1 is 1.04 bits per heavy atom. The van der Waals surface area contributed by atoms with Crippen LogP contribution in [0.4, 0.5) is 0 Å². The number of likely N-dealkylation sites (tertiary alicyclic amines) is 1. The van der Waals surface area contributed by atoms with Crippen LogP contribution in [-0.4, -0.2) is 23.0 Å². The van der Waals surface area contributed by atoms with Crippen LogP contribution < -0.4 is 0 Å². The normalized spacial score (nSPS) is 15.4. The molecule has 0 saturated carbocycles. The molecule has 2 heterocycles. The summed E-state index contributed by atoms with van der Waals surface area (Å²) in [6, 6.07) is 19.5. The van der Waals surface area contributed by atoms with Crippen molar-refractivity contribution in [3.05, 3.63) is 78.1 Å². The van der Waals surface area contributed by atoms with Crippen molar-refractivity contribution < 1.29 is 0 Å². The number of piperidine rings is 1. The van der Waals surface area contributed by atoms with Crippen LogP contribution >= 0.6 is 0 Å². The van der Waals surface area contributed by atoms with Gasteiger partial charge < -0.3 is 4.90 Å². The molecular formula is C24H26N2. The molecule has 2 nitrogen and oxygen atoms in total. The molecule has 0 unspecified atom stereocenters. The fourth-order valence-corrected chi connectivity index (χ4v) is 4.03. The Balaban J connectivity index is 1.78. The maximum absolute atomic E-state index is 5.18. The van der Waals surface area contributed by atoms with Gasteiger partial charge in [-0.2, -0.15) is 0 Å². The summed E-state index contributed by atoms with van der Waals surface area (Å²) >= 11 is 0. The predicted molar refractivity (Wildman–Crippen MR) is 110 cm³/mol. The Morgan fingerprint density at radius 2 is 1.73 bits per heavy atom. The van der Waals surface area contributed by atoms with Crippen molar-refractivity contribution >= 4 is 10.8 Å². The van der Waals surface area contributed by atoms with Crippen molar-refractivity contribution in [1.82, 2.24) is 9.88 Å². The smallest absolute Gasteiger partial charge is 0.0786 e. The number of hydrogen-bond donors (Lipinski definition) is 0. The van der Waals surface area contributed by atoms with E-state index in [1.165, 1.54) is 33.3 Å². The summed E-state index contributed by atoms with van der Waals surface area (Å²) in [5.74, 6) is 0.526. The van der Waals surface area contributed by atoms with Gasteiger partial charge in [0.1, 0.15) is 0 Å². The standard InChI is InChI=1S/C24H26N2/c1-17(2)26-14-12-19(13-15-26)23-16-20-9-5-7-11-22(20)24(25-23)21-10-6-4-8-18(21)3/h4-11,16,19H,1,12-15H2,2-3H3. The molecule has 26 heavy (non-hydrogen) atoms. The molecule has 132 valence electrons. The van der Waals surface area contributed by atoms with Gasteiger partial charge in [0.15, 0.2) is 0 Å². The summed E-state index contributed by atoms with van der Waals surface area (Å²) in [5.41, 5.74) is 6.06. The summed E-state index contributed by atoms with van der Waals surface area (Å²) in [6.07, 6.45) is 2.29. The van der Waals surface area contributed by atoms with Gasteiger partial charge >= 0.3 is 0 Å². The monoisotopic (exact) mass is 342 g/mol. The van der Waals surface area contributed by atoms with E-state index < -0.39 is 0 Å². The second kappa shape index (κ2) is 6.95. The Bertz CT molecular complexity index is 949. The highest BCUT2D eigenvalue weighted by atomic mass is 15.1. The van der Waals surface area contributed by atoms with Gasteiger partial charge in [0.2, 0.25) is 0 Å². The van der Waals surface area contributed by atoms with E-state index in [-0.39, 0.29) is 0 Å². The predicted octanol–water partition coefficient (Wildman–Crippen LogP) is 5.92. The number of hydrogen-bond acceptors (Lipinski definition) is 2. The second-order valence-corrected chi connectivity index (χ2v) is 7.43. The Kier molecular flexibility index (Phi) is 4.50. The van der Waals surface area contributed by atoms with E-state index in [1.54, 1.807) is 0 Å². The summed E-state index contributed by atoms with van der Waals surface area (Å²) in [4.78, 5) is 7.57. The molecule has 0 amide bonds. The van der Waals surface area contributed by atoms with Crippen molar-refractivity contribution in [2.75, 3.05) is 13.1 Å². The van der Waals surface area contributed by atoms with Crippen LogP contribution in [-0.2, 0) is 0 Å². The molecule has 0 spiro atoms. The fraction of sp³-hybridized carbons (Fsp3) is 0.292. The van der Waals surface area contributed by atoms with Crippen molar-refractivity contribution in [2.24, 2.45) is 0 Å². The second-order valence-electron chi connectivity index (χ2n) is 7.43. The molecule has 0 bridgehead atoms. The third kappa shape index (κ3) is 3.12. The van der Waals surface area contributed by atoms with E-state index in [1.807, 2.05) is 0 Å². The first-order valence-corrected chi connectivity index (χ1v) is 9.49. The fourth-order valence-electron chi connectivity index (χ4n) is 4.03. The minimum absolute atomic E-state index is 0.526. The van der Waals surface area contributed by atoms with Gasteiger partial charge in [0.05, 0.1) is 5.69 Å². The maximum atomic E-state index is 5.18. The van der Waals surface area contributed by atoms with Crippen LogP contribution in [0, 0.1) is 6.92 Å². The minimum Gasteiger partial charge on any atom is -0.375 e. The van der Waals surface area contributed by atoms with Crippen molar-refractivity contribution in [2.45, 2.75) is 32.6 Å². The van der Waals surface area contributed by atoms with Gasteiger partial charge in [-0.1, -0.05) is 55.1 Å². The Labute approximate surface area is 156 Å². The third-order valence-corrected chi connectivity index (χ3v) is 5.61. The lowest BCUT2D eigenvalue weighted by Gasteiger charge is -2.33. The summed E-state index contributed by atoms with van der Waals surface area (Å²) in [7, 11) is 0. The first kappa shape index (κ1) is 16.8. The first-order chi connectivity index (χ1) is 12.6. The summed E-state index contributed by atoms with van der Waals surface area (Å²) in [6.45, 7) is 10.5. The lowest BCUT2D eigenvalue weighted by molar-refractivity contribution is 0.263. The van der Waals surface area contributed by atoms with Gasteiger partial charge in [-0.25, -0.2) is 0 Å². The Morgan fingerprint density at radius 3 is 2.46 bits per heavy atom. The molecule has 4 rings (SSSR count). The van der Waals surface area contributed by atoms with Crippen molar-refractivity contribution in [1.29, 1.82) is 0 Å². The van der Waals surface area contributed by atoms with E-state index >= 15 is 0 Å². The quantitative estimate of drug-likeness (QED) is 0.587. The van der Waals surface area contributed by atoms with E-state index in [9.17, 15) is 0 Å². The number of allylic oxidation sites excluding steroid dienone is 1. The molecule has 1 aromatic heterocycles. The number of rotatable bonds is 3. The van der Waals surface area contributed by atoms with E-state index in [0.717, 1.165) is 31.6 Å². The molecule has 2 aromatic carbocycles. The molecule has 3 aromatic rings. The van der Waals surface area contributed by atoms with Crippen LogP contribution in [0.25, 0.3) is 22.0 Å². The van der Waals surface area contributed by atoms with Gasteiger partial charge in [-0.3, -0.25) is 4.98 Å². The lowest BCUT2D eigenvalue weighted by Crippen LogP contribution is -2.31. The average Bonchev–Trinajstić information content (AvgIpc) is 2.68. The molecule has 1 fully saturated rings. The zero-order valence-electron chi connectivity index (χ0n) is 15.7. The number of fused-ring (bicyclic) bond motifs is 1. The average molecular weight is 342 g/mol. The number of benzene rings is 2. The van der Waals surface area contributed by atoms with E-state index in [2.05, 4.69) is 79.9 Å². The Hall–Kier alpha value is -2.61. The third-order valence-electron chi connectivity index (χ3n) is 5.61. The van der Waals surface area contributed by atoms with Gasteiger partial charge in [0.25, 0.3) is 0 Å². The maximum Gasteiger partial charge on any atom is 0.0786 e. The molecule has 1 saturated heterocycles. The SMILES string of the molecule is C=C(C)N1CCC(c2cc3ccccc3c(-c3ccccc3C)n2)CC1. The number of pyridine rings is 1. The number of aryl methyl sites for hydroxylation is 1. The number of aromatic nitrogens is 1. The molecule has 1 aliphatic rings. The van der Waals surface area contributed by atoms with E-state index in [4.69, 9.17) is 4.98 Å². The lowest BCUT2D eigenvalue weighted by atomic mass is 9.90. The molecule has 0 atom stereocenters. The molecule has 0 radical (unpaired) electrons. The van der Waals surface area contributed by atoms with Crippen LogP contribution in [0.15, 0.2) is 66.9 Å². The van der Waals surface area contributed by atoms with E-state index in [0.29, 0.717) is 5.92 Å². The van der Waals surface area contributed by atoms with Crippen molar-refractivity contribution in [3.8, 4) is 11.3 Å². The molecular weight excluding hydrogens is 316 g/mol. The topological polar surface area (TPSA) is 16.1 Å². The highest BCUT2D eigenvalue weighted by Gasteiger charge is 2.22. The van der Waals surface area contributed by atoms with Crippen LogP contribution in [0.2, 0.25) is 0 Å². The number of nitrogens with zero attached hydrogens (tertiary/aromatic N) is 2. The molecule has 0 aliphatic carbocycles. The molecule has 0 N–H and O–H groups in total. The largest absolute Gasteiger partial charge is 0.375 e. The van der Waals surface area contributed by atoms with Gasteiger partial charge in [-0.05, 0) is 43.7 Å². The molecule has 2 heteroatoms. The zero-order valence-corrected chi connectivity index (χ0v) is 15.7. The van der Waals surface area contributed by atoms with Gasteiger partial charge in [0, 0.05) is 41.3 Å². The highest BCUT2D eigenvalue weighted by Crippen LogP contribution is 2.34. The summed E-state index contributed by atoms with van der Waals surface area (Å²) < 4.78 is 0. The van der Waals surface area contributed by atoms with Crippen molar-refractivity contribution in [3.63, 3.8) is 0 Å². The van der Waals surface area contributed by atoms with Gasteiger partial charge in [-0.15, -0.1) is 0 Å².